The van der Waals surface area contributed by atoms with Crippen LogP contribution in [-0.4, -0.2) is 36.9 Å². The fourth-order valence-corrected chi connectivity index (χ4v) is 4.82. The van der Waals surface area contributed by atoms with Crippen molar-refractivity contribution < 1.29 is 13.2 Å². The molecule has 2 aromatic rings. The van der Waals surface area contributed by atoms with Crippen molar-refractivity contribution in [3.05, 3.63) is 35.5 Å². The summed E-state index contributed by atoms with van der Waals surface area (Å²) in [6, 6.07) is 7.49. The minimum absolute atomic E-state index is 0.0322. The number of aromatic nitrogens is 1. The number of hydrogen-bond donors (Lipinski definition) is 1. The Morgan fingerprint density at radius 1 is 1.36 bits per heavy atom. The predicted octanol–water partition coefficient (Wildman–Crippen LogP) is 1.85. The third-order valence-electron chi connectivity index (χ3n) is 3.96. The van der Waals surface area contributed by atoms with Gasteiger partial charge in [-0.05, 0) is 35.9 Å². The Balaban J connectivity index is 1.60. The molecule has 1 saturated heterocycles. The van der Waals surface area contributed by atoms with Crippen LogP contribution in [0.4, 0.5) is 0 Å². The maximum Gasteiger partial charge on any atom is 0.239 e. The van der Waals surface area contributed by atoms with Crippen LogP contribution in [0, 0.1) is 5.92 Å². The Morgan fingerprint density at radius 2 is 2.18 bits per heavy atom. The molecule has 0 spiro atoms. The molecule has 3 rings (SSSR count). The molecule has 0 aliphatic carbocycles. The third kappa shape index (κ3) is 3.44. The number of sulfone groups is 1. The van der Waals surface area contributed by atoms with Crippen LogP contribution in [0.5, 0.6) is 0 Å². The first-order chi connectivity index (χ1) is 10.4. The van der Waals surface area contributed by atoms with Gasteiger partial charge < -0.3 is 9.88 Å². The topological polar surface area (TPSA) is 68.2 Å². The van der Waals surface area contributed by atoms with Gasteiger partial charge >= 0.3 is 0 Å². The third-order valence-corrected chi connectivity index (χ3v) is 6.04. The molecule has 22 heavy (non-hydrogen) atoms. The lowest BCUT2D eigenvalue weighted by molar-refractivity contribution is -0.121. The Kier molecular flexibility index (Phi) is 4.14. The van der Waals surface area contributed by atoms with Crippen molar-refractivity contribution in [2.75, 3.05) is 18.1 Å². The van der Waals surface area contributed by atoms with Gasteiger partial charge in [-0.25, -0.2) is 8.42 Å². The minimum atomic E-state index is -2.90. The molecule has 1 N–H and O–H groups in total. The van der Waals surface area contributed by atoms with Gasteiger partial charge in [-0.1, -0.05) is 17.7 Å². The first kappa shape index (κ1) is 15.4. The number of fused-ring (bicyclic) bond motifs is 1. The Morgan fingerprint density at radius 3 is 2.91 bits per heavy atom. The highest BCUT2D eigenvalue weighted by Crippen LogP contribution is 2.20. The molecule has 5 nitrogen and oxygen atoms in total. The van der Waals surface area contributed by atoms with Gasteiger partial charge in [-0.15, -0.1) is 0 Å². The number of amides is 1. The van der Waals surface area contributed by atoms with Crippen molar-refractivity contribution in [3.63, 3.8) is 0 Å². The fourth-order valence-electron chi connectivity index (χ4n) is 2.80. The molecule has 0 radical (unpaired) electrons. The second-order valence-corrected chi connectivity index (χ2v) is 8.39. The van der Waals surface area contributed by atoms with Gasteiger partial charge in [-0.2, -0.15) is 0 Å². The number of nitrogens with one attached hydrogen (secondary N) is 1. The molecule has 1 aromatic carbocycles. The molecule has 1 fully saturated rings. The fraction of sp³-hybridized carbons (Fsp3) is 0.400. The monoisotopic (exact) mass is 340 g/mol. The summed E-state index contributed by atoms with van der Waals surface area (Å²) in [5.41, 5.74) is 0.908. The lowest BCUT2D eigenvalue weighted by Crippen LogP contribution is -2.32. The first-order valence-corrected chi connectivity index (χ1v) is 9.34. The number of rotatable bonds is 4. The van der Waals surface area contributed by atoms with Crippen LogP contribution in [0.2, 0.25) is 5.02 Å². The van der Waals surface area contributed by atoms with E-state index < -0.39 is 9.84 Å². The van der Waals surface area contributed by atoms with Gasteiger partial charge in [0, 0.05) is 23.3 Å². The van der Waals surface area contributed by atoms with Crippen LogP contribution >= 0.6 is 11.6 Å². The van der Waals surface area contributed by atoms with Crippen LogP contribution < -0.4 is 5.32 Å². The van der Waals surface area contributed by atoms with Crippen molar-refractivity contribution in [2.24, 2.45) is 5.92 Å². The van der Waals surface area contributed by atoms with E-state index in [9.17, 15) is 13.2 Å². The molecule has 1 atom stereocenters. The normalized spacial score (nSPS) is 20.3. The molecular weight excluding hydrogens is 324 g/mol. The van der Waals surface area contributed by atoms with E-state index in [-0.39, 0.29) is 29.9 Å². The molecule has 1 aliphatic heterocycles. The van der Waals surface area contributed by atoms with E-state index in [4.69, 9.17) is 11.6 Å². The molecule has 118 valence electrons. The zero-order chi connectivity index (χ0) is 15.7. The number of carbonyl (C=O) groups excluding carboxylic acids is 1. The minimum Gasteiger partial charge on any atom is -0.354 e. The Hall–Kier alpha value is -1.53. The zero-order valence-electron chi connectivity index (χ0n) is 12.0. The van der Waals surface area contributed by atoms with Crippen molar-refractivity contribution in [3.8, 4) is 0 Å². The Labute approximate surface area is 134 Å². The molecule has 0 bridgehead atoms. The quantitative estimate of drug-likeness (QED) is 0.923. The van der Waals surface area contributed by atoms with Crippen LogP contribution in [0.3, 0.4) is 0 Å². The zero-order valence-corrected chi connectivity index (χ0v) is 13.5. The van der Waals surface area contributed by atoms with Crippen LogP contribution in [0.1, 0.15) is 6.42 Å². The van der Waals surface area contributed by atoms with Crippen molar-refractivity contribution >= 4 is 38.2 Å². The summed E-state index contributed by atoms with van der Waals surface area (Å²) < 4.78 is 24.6. The standard InChI is InChI=1S/C15H17ClN2O3S/c16-13-2-1-12-3-5-18(14(12)7-13)9-15(19)17-8-11-4-6-22(20,21)10-11/h1-3,5,7,11H,4,6,8-10H2,(H,17,19)/t11-/m0/s1. The lowest BCUT2D eigenvalue weighted by Gasteiger charge is -2.11. The van der Waals surface area contributed by atoms with Gasteiger partial charge in [0.1, 0.15) is 6.54 Å². The molecule has 1 aliphatic rings. The van der Waals surface area contributed by atoms with Crippen molar-refractivity contribution in [1.29, 1.82) is 0 Å². The maximum absolute atomic E-state index is 12.0. The number of carbonyl (C=O) groups is 1. The van der Waals surface area contributed by atoms with Gasteiger partial charge in [0.2, 0.25) is 5.91 Å². The van der Waals surface area contributed by atoms with E-state index in [1.54, 1.807) is 0 Å². The molecule has 2 heterocycles. The highest BCUT2D eigenvalue weighted by Gasteiger charge is 2.27. The molecule has 1 amide bonds. The smallest absolute Gasteiger partial charge is 0.239 e. The molecule has 0 unspecified atom stereocenters. The number of benzene rings is 1. The van der Waals surface area contributed by atoms with E-state index in [2.05, 4.69) is 5.32 Å². The highest BCUT2D eigenvalue weighted by molar-refractivity contribution is 7.91. The summed E-state index contributed by atoms with van der Waals surface area (Å²) in [5, 5.41) is 4.48. The number of nitrogens with zero attached hydrogens (tertiary/aromatic N) is 1. The van der Waals surface area contributed by atoms with Gasteiger partial charge in [0.15, 0.2) is 9.84 Å². The summed E-state index contributed by atoms with van der Waals surface area (Å²) >= 11 is 5.99. The molecule has 0 saturated carbocycles. The summed E-state index contributed by atoms with van der Waals surface area (Å²) in [4.78, 5) is 12.0. The van der Waals surface area contributed by atoms with Crippen molar-refractivity contribution in [2.45, 2.75) is 13.0 Å². The van der Waals surface area contributed by atoms with Gasteiger partial charge in [0.05, 0.1) is 11.5 Å². The lowest BCUT2D eigenvalue weighted by atomic mass is 10.1. The summed E-state index contributed by atoms with van der Waals surface area (Å²) in [5.74, 6) is 0.315. The maximum atomic E-state index is 12.0. The average Bonchev–Trinajstić information content (AvgIpc) is 3.00. The van der Waals surface area contributed by atoms with E-state index in [0.29, 0.717) is 18.0 Å². The van der Waals surface area contributed by atoms with E-state index >= 15 is 0 Å². The summed E-state index contributed by atoms with van der Waals surface area (Å²) in [6.07, 6.45) is 2.48. The van der Waals surface area contributed by atoms with E-state index in [1.807, 2.05) is 35.0 Å². The van der Waals surface area contributed by atoms with E-state index in [0.717, 1.165) is 10.9 Å². The average molecular weight is 341 g/mol. The van der Waals surface area contributed by atoms with Crippen molar-refractivity contribution in [1.82, 2.24) is 9.88 Å². The largest absolute Gasteiger partial charge is 0.354 e. The van der Waals surface area contributed by atoms with Gasteiger partial charge in [-0.3, -0.25) is 4.79 Å². The van der Waals surface area contributed by atoms with Crippen LogP contribution in [-0.2, 0) is 21.2 Å². The number of halogens is 1. The van der Waals surface area contributed by atoms with E-state index in [1.165, 1.54) is 0 Å². The summed E-state index contributed by atoms with van der Waals surface area (Å²) in [7, 11) is -2.90. The second kappa shape index (κ2) is 5.93. The molecular formula is C15H17ClN2O3S. The second-order valence-electron chi connectivity index (χ2n) is 5.72. The van der Waals surface area contributed by atoms with Crippen LogP contribution in [0.25, 0.3) is 10.9 Å². The first-order valence-electron chi connectivity index (χ1n) is 7.14. The number of hydrogen-bond acceptors (Lipinski definition) is 3. The predicted molar refractivity (Wildman–Crippen MR) is 86.7 cm³/mol. The molecule has 1 aromatic heterocycles. The molecule has 7 heteroatoms. The summed E-state index contributed by atoms with van der Waals surface area (Å²) in [6.45, 7) is 0.612. The highest BCUT2D eigenvalue weighted by atomic mass is 35.5. The Bertz CT molecular complexity index is 813. The SMILES string of the molecule is O=C(Cn1ccc2ccc(Cl)cc21)NC[C@@H]1CCS(=O)(=O)C1. The van der Waals surface area contributed by atoms with Crippen LogP contribution in [0.15, 0.2) is 30.5 Å². The van der Waals surface area contributed by atoms with Gasteiger partial charge in [0.25, 0.3) is 0 Å².